The molecule has 9 heteroatoms. The van der Waals surface area contributed by atoms with E-state index >= 15 is 0 Å². The summed E-state index contributed by atoms with van der Waals surface area (Å²) in [5, 5.41) is 8.60. The number of hydrogen-bond acceptors (Lipinski definition) is 3. The smallest absolute Gasteiger partial charge is 0.406 e. The van der Waals surface area contributed by atoms with E-state index in [2.05, 4.69) is 4.74 Å². The number of nitrogen functional groups attached to an aromatic ring is 1. The van der Waals surface area contributed by atoms with Gasteiger partial charge in [-0.05, 0) is 6.07 Å². The van der Waals surface area contributed by atoms with Gasteiger partial charge in [-0.25, -0.2) is 0 Å². The van der Waals surface area contributed by atoms with Gasteiger partial charge in [0.25, 0.3) is 0 Å². The van der Waals surface area contributed by atoms with Crippen molar-refractivity contribution >= 4 is 29.0 Å². The molecule has 110 valence electrons. The fourth-order valence-corrected chi connectivity index (χ4v) is 2.35. The number of benzene rings is 1. The van der Waals surface area contributed by atoms with Gasteiger partial charge in [0.05, 0.1) is 21.3 Å². The molecular formula is C12H6Cl2F3N3O. The molecule has 1 aromatic carbocycles. The average Bonchev–Trinajstić information content (AvgIpc) is 2.68. The Morgan fingerprint density at radius 2 is 1.76 bits per heavy atom. The Hall–Kier alpha value is -2.04. The first-order valence-corrected chi connectivity index (χ1v) is 6.10. The lowest BCUT2D eigenvalue weighted by molar-refractivity contribution is -0.274. The topological polar surface area (TPSA) is 64.0 Å². The second kappa shape index (κ2) is 5.39. The van der Waals surface area contributed by atoms with Crippen molar-refractivity contribution in [2.24, 2.45) is 0 Å². The maximum atomic E-state index is 12.2. The van der Waals surface area contributed by atoms with Gasteiger partial charge in [-0.1, -0.05) is 23.2 Å². The van der Waals surface area contributed by atoms with E-state index in [9.17, 15) is 13.2 Å². The van der Waals surface area contributed by atoms with Crippen LogP contribution < -0.4 is 10.5 Å². The zero-order valence-electron chi connectivity index (χ0n) is 10.1. The van der Waals surface area contributed by atoms with Gasteiger partial charge in [-0.2, -0.15) is 5.26 Å². The molecule has 0 unspecified atom stereocenters. The third-order valence-corrected chi connectivity index (χ3v) is 3.02. The molecule has 1 heterocycles. The summed E-state index contributed by atoms with van der Waals surface area (Å²) < 4.78 is 41.6. The highest BCUT2D eigenvalue weighted by atomic mass is 35.5. The monoisotopic (exact) mass is 335 g/mol. The maximum absolute atomic E-state index is 12.2. The lowest BCUT2D eigenvalue weighted by Crippen LogP contribution is -2.17. The SMILES string of the molecule is N#Cc1cc(N)n(-c2c(Cl)cc(OC(F)(F)F)cc2Cl)c1. The van der Waals surface area contributed by atoms with Crippen LogP contribution in [0.5, 0.6) is 5.75 Å². The lowest BCUT2D eigenvalue weighted by atomic mass is 10.3. The minimum Gasteiger partial charge on any atom is -0.406 e. The van der Waals surface area contributed by atoms with Gasteiger partial charge in [-0.15, -0.1) is 13.2 Å². The zero-order chi connectivity index (χ0) is 15.8. The van der Waals surface area contributed by atoms with Gasteiger partial charge < -0.3 is 10.5 Å². The van der Waals surface area contributed by atoms with Crippen LogP contribution in [0.15, 0.2) is 24.4 Å². The summed E-state index contributed by atoms with van der Waals surface area (Å²) in [5.74, 6) is -0.382. The van der Waals surface area contributed by atoms with Crippen LogP contribution in [0.25, 0.3) is 5.69 Å². The summed E-state index contributed by atoms with van der Waals surface area (Å²) in [5.41, 5.74) is 6.13. The Morgan fingerprint density at radius 3 is 2.19 bits per heavy atom. The predicted molar refractivity (Wildman–Crippen MR) is 71.6 cm³/mol. The van der Waals surface area contributed by atoms with Crippen LogP contribution in [-0.2, 0) is 0 Å². The van der Waals surface area contributed by atoms with E-state index in [1.165, 1.54) is 16.8 Å². The van der Waals surface area contributed by atoms with E-state index in [1.807, 2.05) is 6.07 Å². The zero-order valence-corrected chi connectivity index (χ0v) is 11.6. The minimum atomic E-state index is -4.85. The van der Waals surface area contributed by atoms with Crippen LogP contribution in [0.2, 0.25) is 10.0 Å². The van der Waals surface area contributed by atoms with Crippen molar-refractivity contribution in [2.75, 3.05) is 5.73 Å². The summed E-state index contributed by atoms with van der Waals surface area (Å²) >= 11 is 11.9. The number of nitrogens with zero attached hydrogens (tertiary/aromatic N) is 2. The Balaban J connectivity index is 2.51. The minimum absolute atomic E-state index is 0.103. The molecule has 21 heavy (non-hydrogen) atoms. The highest BCUT2D eigenvalue weighted by Gasteiger charge is 2.31. The van der Waals surface area contributed by atoms with Crippen LogP contribution in [0.3, 0.4) is 0 Å². The molecule has 0 radical (unpaired) electrons. The number of ether oxygens (including phenoxy) is 1. The molecule has 0 spiro atoms. The average molecular weight is 336 g/mol. The first-order chi connectivity index (χ1) is 9.71. The van der Waals surface area contributed by atoms with Crippen LogP contribution in [0, 0.1) is 11.3 Å². The number of hydrogen-bond donors (Lipinski definition) is 1. The van der Waals surface area contributed by atoms with Gasteiger partial charge in [0.1, 0.15) is 17.6 Å². The molecule has 2 rings (SSSR count). The summed E-state index contributed by atoms with van der Waals surface area (Å²) in [6.07, 6.45) is -3.48. The molecule has 1 aromatic heterocycles. The van der Waals surface area contributed by atoms with Crippen molar-refractivity contribution in [3.8, 4) is 17.5 Å². The largest absolute Gasteiger partial charge is 0.573 e. The summed E-state index contributed by atoms with van der Waals surface area (Å²) in [4.78, 5) is 0. The molecule has 0 aliphatic rings. The van der Waals surface area contributed by atoms with Gasteiger partial charge in [0, 0.05) is 18.3 Å². The predicted octanol–water partition coefficient (Wildman–Crippen LogP) is 4.14. The molecule has 0 fully saturated rings. The number of nitriles is 1. The number of anilines is 1. The number of alkyl halides is 3. The third kappa shape index (κ3) is 3.35. The molecule has 2 aromatic rings. The van der Waals surface area contributed by atoms with E-state index in [-0.39, 0.29) is 27.1 Å². The molecule has 4 nitrogen and oxygen atoms in total. The van der Waals surface area contributed by atoms with Crippen molar-refractivity contribution in [1.29, 1.82) is 5.26 Å². The van der Waals surface area contributed by atoms with Crippen LogP contribution in [0.1, 0.15) is 5.56 Å². The van der Waals surface area contributed by atoms with Crippen LogP contribution >= 0.6 is 23.2 Å². The quantitative estimate of drug-likeness (QED) is 0.897. The summed E-state index contributed by atoms with van der Waals surface area (Å²) in [7, 11) is 0. The fourth-order valence-electron chi connectivity index (χ4n) is 1.70. The second-order valence-electron chi connectivity index (χ2n) is 3.92. The maximum Gasteiger partial charge on any atom is 0.573 e. The molecule has 0 atom stereocenters. The van der Waals surface area contributed by atoms with Crippen LogP contribution in [0.4, 0.5) is 19.0 Å². The standard InChI is InChI=1S/C12H6Cl2F3N3O/c13-8-2-7(21-12(15,16)17)3-9(14)11(8)20-5-6(4-18)1-10(20)19/h1-3,5H,19H2. The van der Waals surface area contributed by atoms with Gasteiger partial charge in [0.15, 0.2) is 0 Å². The van der Waals surface area contributed by atoms with Crippen molar-refractivity contribution in [2.45, 2.75) is 6.36 Å². The number of halogens is 5. The van der Waals surface area contributed by atoms with Crippen LogP contribution in [-0.4, -0.2) is 10.9 Å². The molecule has 0 amide bonds. The second-order valence-corrected chi connectivity index (χ2v) is 4.73. The van der Waals surface area contributed by atoms with E-state index in [0.29, 0.717) is 0 Å². The first-order valence-electron chi connectivity index (χ1n) is 5.34. The Labute approximate surface area is 127 Å². The third-order valence-electron chi connectivity index (χ3n) is 2.44. The molecular weight excluding hydrogens is 330 g/mol. The molecule has 0 aliphatic heterocycles. The van der Waals surface area contributed by atoms with E-state index in [1.54, 1.807) is 0 Å². The number of aromatic nitrogens is 1. The van der Waals surface area contributed by atoms with Gasteiger partial charge in [-0.3, -0.25) is 4.57 Å². The van der Waals surface area contributed by atoms with Crippen molar-refractivity contribution < 1.29 is 17.9 Å². The summed E-state index contributed by atoms with van der Waals surface area (Å²) in [6, 6.07) is 5.18. The molecule has 0 aliphatic carbocycles. The Morgan fingerprint density at radius 1 is 1.19 bits per heavy atom. The number of nitrogens with two attached hydrogens (primary N) is 1. The van der Waals surface area contributed by atoms with Gasteiger partial charge >= 0.3 is 6.36 Å². The normalized spacial score (nSPS) is 11.2. The fraction of sp³-hybridized carbons (Fsp3) is 0.0833. The summed E-state index contributed by atoms with van der Waals surface area (Å²) in [6.45, 7) is 0. The van der Waals surface area contributed by atoms with Gasteiger partial charge in [0.2, 0.25) is 0 Å². The van der Waals surface area contributed by atoms with Crippen molar-refractivity contribution in [3.63, 3.8) is 0 Å². The van der Waals surface area contributed by atoms with Crippen molar-refractivity contribution in [3.05, 3.63) is 40.0 Å². The van der Waals surface area contributed by atoms with E-state index in [4.69, 9.17) is 34.2 Å². The van der Waals surface area contributed by atoms with E-state index in [0.717, 1.165) is 12.1 Å². The molecule has 0 bridgehead atoms. The van der Waals surface area contributed by atoms with Crippen molar-refractivity contribution in [1.82, 2.24) is 4.57 Å². The molecule has 0 saturated carbocycles. The molecule has 2 N–H and O–H groups in total. The number of rotatable bonds is 2. The Bertz CT molecular complexity index is 711. The Kier molecular flexibility index (Phi) is 3.94. The highest BCUT2D eigenvalue weighted by Crippen LogP contribution is 2.36. The first kappa shape index (κ1) is 15.4. The van der Waals surface area contributed by atoms with E-state index < -0.39 is 12.1 Å². The lowest BCUT2D eigenvalue weighted by Gasteiger charge is -2.14. The highest BCUT2D eigenvalue weighted by molar-refractivity contribution is 6.38. The molecule has 0 saturated heterocycles.